The summed E-state index contributed by atoms with van der Waals surface area (Å²) >= 11 is 1.23. The lowest BCUT2D eigenvalue weighted by Gasteiger charge is -2.20. The largest absolute Gasteiger partial charge is 0.476 e. The molecule has 1 aromatic carbocycles. The van der Waals surface area contributed by atoms with Gasteiger partial charge in [-0.25, -0.2) is 9.78 Å². The second-order valence-corrected chi connectivity index (χ2v) is 6.62. The number of rotatable bonds is 7. The van der Waals surface area contributed by atoms with E-state index in [0.717, 1.165) is 5.56 Å². The second-order valence-electron chi connectivity index (χ2n) is 5.67. The van der Waals surface area contributed by atoms with Crippen molar-refractivity contribution in [1.82, 2.24) is 10.3 Å². The number of carboxylic acids is 1. The van der Waals surface area contributed by atoms with Crippen LogP contribution in [0.5, 0.6) is 0 Å². The topological polar surface area (TPSA) is 79.3 Å². The summed E-state index contributed by atoms with van der Waals surface area (Å²) in [6.07, 6.45) is 0.402. The Labute approximate surface area is 139 Å². The molecule has 0 saturated carbocycles. The number of carbonyl (C=O) groups excluding carboxylic acids is 1. The molecule has 0 radical (unpaired) electrons. The zero-order chi connectivity index (χ0) is 16.8. The number of aromatic carboxylic acids is 1. The first kappa shape index (κ1) is 17.1. The van der Waals surface area contributed by atoms with Gasteiger partial charge in [0.25, 0.3) is 0 Å². The molecular formula is C17H20N2O3S. The van der Waals surface area contributed by atoms with Crippen LogP contribution in [-0.2, 0) is 11.3 Å². The summed E-state index contributed by atoms with van der Waals surface area (Å²) in [7, 11) is 0. The van der Waals surface area contributed by atoms with Gasteiger partial charge < -0.3 is 10.4 Å². The van der Waals surface area contributed by atoms with Gasteiger partial charge in [-0.1, -0.05) is 44.2 Å². The van der Waals surface area contributed by atoms with E-state index in [9.17, 15) is 9.59 Å². The lowest BCUT2D eigenvalue weighted by atomic mass is 9.85. The van der Waals surface area contributed by atoms with Crippen molar-refractivity contribution < 1.29 is 14.7 Å². The second kappa shape index (κ2) is 7.87. The average Bonchev–Trinajstić information content (AvgIpc) is 3.00. The van der Waals surface area contributed by atoms with E-state index < -0.39 is 5.97 Å². The minimum atomic E-state index is -1.05. The predicted molar refractivity (Wildman–Crippen MR) is 89.6 cm³/mol. The Morgan fingerprint density at radius 3 is 2.52 bits per heavy atom. The molecule has 0 aliphatic rings. The van der Waals surface area contributed by atoms with Crippen molar-refractivity contribution in [3.8, 4) is 0 Å². The smallest absolute Gasteiger partial charge is 0.355 e. The number of hydrogen-bond acceptors (Lipinski definition) is 4. The molecule has 0 fully saturated rings. The first-order chi connectivity index (χ1) is 11.0. The van der Waals surface area contributed by atoms with Crippen molar-refractivity contribution >= 4 is 23.2 Å². The maximum atomic E-state index is 12.2. The molecule has 1 atom stereocenters. The van der Waals surface area contributed by atoms with Crippen molar-refractivity contribution in [2.45, 2.75) is 32.7 Å². The quantitative estimate of drug-likeness (QED) is 0.815. The number of thiazole rings is 1. The maximum Gasteiger partial charge on any atom is 0.355 e. The number of nitrogens with zero attached hydrogens (tertiary/aromatic N) is 1. The third-order valence-electron chi connectivity index (χ3n) is 3.65. The normalized spacial score (nSPS) is 12.1. The summed E-state index contributed by atoms with van der Waals surface area (Å²) in [6, 6.07) is 10.00. The Kier molecular flexibility index (Phi) is 5.87. The molecule has 23 heavy (non-hydrogen) atoms. The first-order valence-electron chi connectivity index (χ1n) is 7.46. The van der Waals surface area contributed by atoms with Crippen molar-refractivity contribution in [2.24, 2.45) is 5.92 Å². The molecule has 0 aliphatic heterocycles. The molecule has 2 N–H and O–H groups in total. The van der Waals surface area contributed by atoms with Gasteiger partial charge in [-0.2, -0.15) is 0 Å². The van der Waals surface area contributed by atoms with Crippen LogP contribution in [0.2, 0.25) is 0 Å². The SMILES string of the molecule is CC(C)C(CC(=O)NCc1nc(C(=O)O)cs1)c1ccccc1. The van der Waals surface area contributed by atoms with E-state index in [-0.39, 0.29) is 24.1 Å². The fourth-order valence-electron chi connectivity index (χ4n) is 2.38. The van der Waals surface area contributed by atoms with Crippen molar-refractivity contribution in [1.29, 1.82) is 0 Å². The molecule has 5 nitrogen and oxygen atoms in total. The molecule has 1 amide bonds. The third kappa shape index (κ3) is 4.89. The minimum Gasteiger partial charge on any atom is -0.476 e. The zero-order valence-corrected chi connectivity index (χ0v) is 14.0. The Balaban J connectivity index is 1.93. The van der Waals surface area contributed by atoms with E-state index in [1.54, 1.807) is 0 Å². The monoisotopic (exact) mass is 332 g/mol. The van der Waals surface area contributed by atoms with Crippen molar-refractivity contribution in [3.63, 3.8) is 0 Å². The van der Waals surface area contributed by atoms with Gasteiger partial charge in [0, 0.05) is 11.8 Å². The highest BCUT2D eigenvalue weighted by Gasteiger charge is 2.19. The van der Waals surface area contributed by atoms with Crippen LogP contribution in [-0.4, -0.2) is 22.0 Å². The molecule has 1 aromatic heterocycles. The van der Waals surface area contributed by atoms with Crippen LogP contribution in [0.15, 0.2) is 35.7 Å². The first-order valence-corrected chi connectivity index (χ1v) is 8.34. The van der Waals surface area contributed by atoms with Gasteiger partial charge in [0.2, 0.25) is 5.91 Å². The highest BCUT2D eigenvalue weighted by Crippen LogP contribution is 2.27. The van der Waals surface area contributed by atoms with Crippen LogP contribution < -0.4 is 5.32 Å². The summed E-state index contributed by atoms with van der Waals surface area (Å²) in [4.78, 5) is 26.9. The molecule has 122 valence electrons. The molecule has 0 saturated heterocycles. The fourth-order valence-corrected chi connectivity index (χ4v) is 3.08. The van der Waals surface area contributed by atoms with Crippen molar-refractivity contribution in [2.75, 3.05) is 0 Å². The highest BCUT2D eigenvalue weighted by atomic mass is 32.1. The summed E-state index contributed by atoms with van der Waals surface area (Å²) < 4.78 is 0. The number of carboxylic acid groups (broad SMARTS) is 1. The van der Waals surface area contributed by atoms with Gasteiger partial charge in [0.05, 0.1) is 6.54 Å². The number of amides is 1. The lowest BCUT2D eigenvalue weighted by Crippen LogP contribution is -2.26. The Hall–Kier alpha value is -2.21. The van der Waals surface area contributed by atoms with E-state index in [2.05, 4.69) is 24.1 Å². The molecule has 2 aromatic rings. The van der Waals surface area contributed by atoms with Crippen LogP contribution in [0.3, 0.4) is 0 Å². The number of benzene rings is 1. The van der Waals surface area contributed by atoms with E-state index in [4.69, 9.17) is 5.11 Å². The summed E-state index contributed by atoms with van der Waals surface area (Å²) in [5.74, 6) is -0.605. The number of carbonyl (C=O) groups is 2. The number of aromatic nitrogens is 1. The van der Waals surface area contributed by atoms with Gasteiger partial charge in [0.1, 0.15) is 5.01 Å². The number of nitrogens with one attached hydrogen (secondary N) is 1. The summed E-state index contributed by atoms with van der Waals surface area (Å²) in [5.41, 5.74) is 1.17. The molecule has 1 heterocycles. The van der Waals surface area contributed by atoms with E-state index in [1.807, 2.05) is 30.3 Å². The van der Waals surface area contributed by atoms with Crippen LogP contribution in [0, 0.1) is 5.92 Å². The van der Waals surface area contributed by atoms with E-state index >= 15 is 0 Å². The third-order valence-corrected chi connectivity index (χ3v) is 4.49. The molecule has 0 bridgehead atoms. The van der Waals surface area contributed by atoms with Crippen molar-refractivity contribution in [3.05, 3.63) is 52.0 Å². The van der Waals surface area contributed by atoms with Crippen LogP contribution in [0.1, 0.15) is 47.2 Å². The van der Waals surface area contributed by atoms with Crippen LogP contribution in [0.25, 0.3) is 0 Å². The Morgan fingerprint density at radius 1 is 1.26 bits per heavy atom. The minimum absolute atomic E-state index is 0.0172. The molecule has 6 heteroatoms. The highest BCUT2D eigenvalue weighted by molar-refractivity contribution is 7.09. The summed E-state index contributed by atoms with van der Waals surface area (Å²) in [6.45, 7) is 4.46. The van der Waals surface area contributed by atoms with Gasteiger partial charge >= 0.3 is 5.97 Å². The van der Waals surface area contributed by atoms with Gasteiger partial charge in [0.15, 0.2) is 5.69 Å². The van der Waals surface area contributed by atoms with Crippen LogP contribution >= 0.6 is 11.3 Å². The van der Waals surface area contributed by atoms with Gasteiger partial charge in [-0.15, -0.1) is 11.3 Å². The van der Waals surface area contributed by atoms with Gasteiger partial charge in [-0.3, -0.25) is 4.79 Å². The standard InChI is InChI=1S/C17H20N2O3S/c1-11(2)13(12-6-4-3-5-7-12)8-15(20)18-9-16-19-14(10-23-16)17(21)22/h3-7,10-11,13H,8-9H2,1-2H3,(H,18,20)(H,21,22). The Bertz CT molecular complexity index is 667. The molecule has 2 rings (SSSR count). The van der Waals surface area contributed by atoms with Gasteiger partial charge in [-0.05, 0) is 17.4 Å². The molecule has 0 aliphatic carbocycles. The molecular weight excluding hydrogens is 312 g/mol. The maximum absolute atomic E-state index is 12.2. The van der Waals surface area contributed by atoms with E-state index in [0.29, 0.717) is 17.3 Å². The predicted octanol–water partition coefficient (Wildman–Crippen LogP) is 3.29. The summed E-state index contributed by atoms with van der Waals surface area (Å²) in [5, 5.41) is 13.7. The fraction of sp³-hybridized carbons (Fsp3) is 0.353. The zero-order valence-electron chi connectivity index (χ0n) is 13.2. The Morgan fingerprint density at radius 2 is 1.96 bits per heavy atom. The van der Waals surface area contributed by atoms with Crippen LogP contribution in [0.4, 0.5) is 0 Å². The molecule has 0 spiro atoms. The molecule has 1 unspecified atom stereocenters. The average molecular weight is 332 g/mol. The lowest BCUT2D eigenvalue weighted by molar-refractivity contribution is -0.121. The van der Waals surface area contributed by atoms with E-state index in [1.165, 1.54) is 16.7 Å². The number of hydrogen-bond donors (Lipinski definition) is 2.